The zero-order chi connectivity index (χ0) is 19.0. The molecule has 0 N–H and O–H groups in total. The fourth-order valence-electron chi connectivity index (χ4n) is 2.72. The molecule has 0 bridgehead atoms. The molecule has 10 nitrogen and oxygen atoms in total. The second-order valence-electron chi connectivity index (χ2n) is 6.28. The largest absolute Gasteiger partial charge is 0.462 e. The lowest BCUT2D eigenvalue weighted by molar-refractivity contribution is -0.229. The molecule has 0 aromatic carbocycles. The molecule has 0 spiro atoms. The third kappa shape index (κ3) is 5.35. The first-order chi connectivity index (χ1) is 11.4. The molecule has 0 saturated carbocycles. The van der Waals surface area contributed by atoms with Crippen LogP contribution >= 0.6 is 0 Å². The van der Waals surface area contributed by atoms with Crippen molar-refractivity contribution in [2.45, 2.75) is 64.2 Å². The maximum Gasteiger partial charge on any atom is 0.303 e. The molecule has 2 aliphatic heterocycles. The lowest BCUT2D eigenvalue weighted by atomic mass is 10.1. The van der Waals surface area contributed by atoms with Crippen LogP contribution in [0, 0.1) is 0 Å². The van der Waals surface area contributed by atoms with E-state index in [0.29, 0.717) is 0 Å². The monoisotopic (exact) mass is 382 g/mol. The summed E-state index contributed by atoms with van der Waals surface area (Å²) in [5.74, 6) is -2.24. The summed E-state index contributed by atoms with van der Waals surface area (Å²) in [6.45, 7) is 5.31. The number of rotatable bonds is 6. The van der Waals surface area contributed by atoms with Crippen LogP contribution in [0.5, 0.6) is 0 Å². The molecular weight excluding hydrogens is 360 g/mol. The Hall–Kier alpha value is -1.27. The Morgan fingerprint density at radius 3 is 2.32 bits per heavy atom. The Morgan fingerprint density at radius 1 is 1.16 bits per heavy atom. The first-order valence-corrected chi connectivity index (χ1v) is 9.39. The summed E-state index contributed by atoms with van der Waals surface area (Å²) in [5, 5.41) is 0. The Labute approximate surface area is 145 Å². The van der Waals surface area contributed by atoms with E-state index < -0.39 is 58.5 Å². The van der Waals surface area contributed by atoms with Gasteiger partial charge in [-0.05, 0) is 13.8 Å². The number of hydrogen-bond acceptors (Lipinski definition) is 10. The quantitative estimate of drug-likeness (QED) is 0.447. The Bertz CT molecular complexity index is 628. The van der Waals surface area contributed by atoms with Crippen molar-refractivity contribution in [2.75, 3.05) is 12.9 Å². The molecule has 2 fully saturated rings. The van der Waals surface area contributed by atoms with Gasteiger partial charge < -0.3 is 23.7 Å². The van der Waals surface area contributed by atoms with Crippen LogP contribution in [0.1, 0.15) is 27.7 Å². The van der Waals surface area contributed by atoms with Gasteiger partial charge in [-0.15, -0.1) is 0 Å². The van der Waals surface area contributed by atoms with Crippen LogP contribution in [-0.2, 0) is 47.6 Å². The number of esters is 2. The Morgan fingerprint density at radius 2 is 1.80 bits per heavy atom. The normalized spacial score (nSPS) is 32.0. The SMILES string of the molecule is CC(=O)OC[C@H](OC(C)=O)[C@@H]1O[C@H]2OC(C)(C)O[C@@H]2[C@H]1OS(C)(=O)=O. The van der Waals surface area contributed by atoms with Gasteiger partial charge in [0.25, 0.3) is 10.1 Å². The van der Waals surface area contributed by atoms with Gasteiger partial charge in [0.05, 0.1) is 6.26 Å². The summed E-state index contributed by atoms with van der Waals surface area (Å²) < 4.78 is 55.2. The predicted molar refractivity (Wildman–Crippen MR) is 80.6 cm³/mol. The molecule has 0 aliphatic carbocycles. The maximum atomic E-state index is 11.6. The van der Waals surface area contributed by atoms with E-state index in [4.69, 9.17) is 27.9 Å². The highest BCUT2D eigenvalue weighted by molar-refractivity contribution is 7.86. The first kappa shape index (κ1) is 20.0. The summed E-state index contributed by atoms with van der Waals surface area (Å²) in [7, 11) is -3.87. The maximum absolute atomic E-state index is 11.6. The molecule has 0 aromatic heterocycles. The number of carbonyl (C=O) groups is 2. The lowest BCUT2D eigenvalue weighted by Crippen LogP contribution is -2.47. The molecule has 2 rings (SSSR count). The minimum absolute atomic E-state index is 0.327. The third-order valence-corrected chi connectivity index (χ3v) is 4.02. The van der Waals surface area contributed by atoms with E-state index in [1.54, 1.807) is 13.8 Å². The highest BCUT2D eigenvalue weighted by Gasteiger charge is 2.59. The van der Waals surface area contributed by atoms with Gasteiger partial charge in [-0.25, -0.2) is 0 Å². The van der Waals surface area contributed by atoms with Crippen LogP contribution in [0.4, 0.5) is 0 Å². The fraction of sp³-hybridized carbons (Fsp3) is 0.857. The number of ether oxygens (including phenoxy) is 5. The van der Waals surface area contributed by atoms with Crippen LogP contribution in [0.15, 0.2) is 0 Å². The van der Waals surface area contributed by atoms with Gasteiger partial charge in [-0.2, -0.15) is 8.42 Å². The van der Waals surface area contributed by atoms with Crippen LogP contribution in [0.3, 0.4) is 0 Å². The van der Waals surface area contributed by atoms with E-state index in [2.05, 4.69) is 0 Å². The van der Waals surface area contributed by atoms with Crippen LogP contribution < -0.4 is 0 Å². The van der Waals surface area contributed by atoms with Crippen molar-refractivity contribution in [1.82, 2.24) is 0 Å². The zero-order valence-corrected chi connectivity index (χ0v) is 15.4. The topological polar surface area (TPSA) is 124 Å². The van der Waals surface area contributed by atoms with Crippen LogP contribution in [0.25, 0.3) is 0 Å². The van der Waals surface area contributed by atoms with Gasteiger partial charge in [-0.1, -0.05) is 0 Å². The number of carbonyl (C=O) groups excluding carboxylic acids is 2. The summed E-state index contributed by atoms with van der Waals surface area (Å²) in [6, 6.07) is 0. The zero-order valence-electron chi connectivity index (χ0n) is 14.6. The minimum atomic E-state index is -3.87. The summed E-state index contributed by atoms with van der Waals surface area (Å²) in [4.78, 5) is 22.4. The van der Waals surface area contributed by atoms with Gasteiger partial charge >= 0.3 is 11.9 Å². The molecule has 144 valence electrons. The number of fused-ring (bicyclic) bond motifs is 1. The summed E-state index contributed by atoms with van der Waals surface area (Å²) in [6.07, 6.45) is -4.18. The Balaban J connectivity index is 2.25. The predicted octanol–water partition coefficient (Wildman–Crippen LogP) is -0.298. The smallest absolute Gasteiger partial charge is 0.303 e. The van der Waals surface area contributed by atoms with E-state index in [0.717, 1.165) is 6.26 Å². The lowest BCUT2D eigenvalue weighted by Gasteiger charge is -2.29. The molecule has 0 unspecified atom stereocenters. The molecule has 25 heavy (non-hydrogen) atoms. The molecule has 5 atom stereocenters. The molecular formula is C14H22O10S. The molecule has 2 saturated heterocycles. The average molecular weight is 382 g/mol. The first-order valence-electron chi connectivity index (χ1n) is 7.58. The van der Waals surface area contributed by atoms with E-state index in [9.17, 15) is 18.0 Å². The minimum Gasteiger partial charge on any atom is -0.462 e. The summed E-state index contributed by atoms with van der Waals surface area (Å²) in [5.41, 5.74) is 0. The van der Waals surface area contributed by atoms with Crippen molar-refractivity contribution in [2.24, 2.45) is 0 Å². The van der Waals surface area contributed by atoms with Crippen molar-refractivity contribution < 1.29 is 45.9 Å². The molecule has 2 heterocycles. The second-order valence-corrected chi connectivity index (χ2v) is 7.89. The molecule has 11 heteroatoms. The van der Waals surface area contributed by atoms with Crippen molar-refractivity contribution in [3.63, 3.8) is 0 Å². The fourth-order valence-corrected chi connectivity index (χ4v) is 3.35. The summed E-state index contributed by atoms with van der Waals surface area (Å²) >= 11 is 0. The van der Waals surface area contributed by atoms with Gasteiger partial charge in [0.2, 0.25) is 0 Å². The van der Waals surface area contributed by atoms with E-state index in [1.807, 2.05) is 0 Å². The van der Waals surface area contributed by atoms with E-state index >= 15 is 0 Å². The van der Waals surface area contributed by atoms with E-state index in [-0.39, 0.29) is 6.61 Å². The molecule has 0 aromatic rings. The van der Waals surface area contributed by atoms with Crippen molar-refractivity contribution in [1.29, 1.82) is 0 Å². The van der Waals surface area contributed by atoms with Gasteiger partial charge in [-0.3, -0.25) is 13.8 Å². The number of hydrogen-bond donors (Lipinski definition) is 0. The van der Waals surface area contributed by atoms with Crippen LogP contribution in [0.2, 0.25) is 0 Å². The van der Waals surface area contributed by atoms with Crippen molar-refractivity contribution in [3.05, 3.63) is 0 Å². The van der Waals surface area contributed by atoms with Crippen molar-refractivity contribution in [3.8, 4) is 0 Å². The third-order valence-electron chi connectivity index (χ3n) is 3.45. The van der Waals surface area contributed by atoms with E-state index in [1.165, 1.54) is 13.8 Å². The van der Waals surface area contributed by atoms with Gasteiger partial charge in [0, 0.05) is 13.8 Å². The van der Waals surface area contributed by atoms with Crippen molar-refractivity contribution >= 4 is 22.1 Å². The van der Waals surface area contributed by atoms with Gasteiger partial charge in [0.15, 0.2) is 18.2 Å². The molecule has 0 amide bonds. The standard InChI is InChI=1S/C14H22O10S/c1-7(15)19-6-9(20-8(2)16)10-11(24-25(5,17)18)12-13(21-10)23-14(3,4)22-12/h9-13H,6H2,1-5H3/t9-,10-,11-,12+,13-/m0/s1. The highest BCUT2D eigenvalue weighted by atomic mass is 32.2. The Kier molecular flexibility index (Phi) is 5.74. The second kappa shape index (κ2) is 7.16. The molecule has 0 radical (unpaired) electrons. The highest BCUT2D eigenvalue weighted by Crippen LogP contribution is 2.40. The molecule has 2 aliphatic rings. The average Bonchev–Trinajstić information content (AvgIpc) is 2.86. The van der Waals surface area contributed by atoms with Gasteiger partial charge in [0.1, 0.15) is 24.9 Å². The van der Waals surface area contributed by atoms with Crippen LogP contribution in [-0.4, -0.2) is 69.7 Å².